The molecule has 0 unspecified atom stereocenters. The molecule has 0 saturated carbocycles. The molecule has 1 aliphatic rings. The number of hydrogen-bond donors (Lipinski definition) is 1. The van der Waals surface area contributed by atoms with Gasteiger partial charge in [0.2, 0.25) is 11.8 Å². The summed E-state index contributed by atoms with van der Waals surface area (Å²) in [4.78, 5) is 56.1. The minimum absolute atomic E-state index is 0.0557. The number of carbonyl (C=O) groups excluding carboxylic acids is 4. The number of Topliss-reactive ketones (excluding diaryl/α,β-unsaturated/α-hetero) is 1. The molecular formula is C38H37N2O5P. The molecule has 1 aliphatic heterocycles. The van der Waals surface area contributed by atoms with Crippen molar-refractivity contribution in [1.29, 1.82) is 0 Å². The van der Waals surface area contributed by atoms with Gasteiger partial charge in [0, 0.05) is 24.4 Å². The second kappa shape index (κ2) is 14.0. The first-order chi connectivity index (χ1) is 22.2. The van der Waals surface area contributed by atoms with Crippen LogP contribution in [0.25, 0.3) is 0 Å². The lowest BCUT2D eigenvalue weighted by atomic mass is 9.76. The average molecular weight is 633 g/mol. The van der Waals surface area contributed by atoms with Crippen molar-refractivity contribution >= 4 is 51.8 Å². The third-order valence-corrected chi connectivity index (χ3v) is 12.6. The summed E-state index contributed by atoms with van der Waals surface area (Å²) in [5.74, 6) is -2.42. The van der Waals surface area contributed by atoms with E-state index >= 15 is 0 Å². The van der Waals surface area contributed by atoms with E-state index in [1.807, 2.05) is 105 Å². The normalized spacial score (nSPS) is 16.0. The highest BCUT2D eigenvalue weighted by Gasteiger charge is 2.55. The maximum atomic E-state index is 14.5. The molecule has 2 N–H and O–H groups in total. The van der Waals surface area contributed by atoms with Crippen LogP contribution in [0.5, 0.6) is 0 Å². The fraction of sp³-hybridized carbons (Fsp3) is 0.184. The van der Waals surface area contributed by atoms with Gasteiger partial charge in [0.15, 0.2) is 5.78 Å². The van der Waals surface area contributed by atoms with Gasteiger partial charge in [0.05, 0.1) is 12.0 Å². The van der Waals surface area contributed by atoms with Gasteiger partial charge in [-0.15, -0.1) is 0 Å². The van der Waals surface area contributed by atoms with Gasteiger partial charge in [-0.2, -0.15) is 0 Å². The van der Waals surface area contributed by atoms with E-state index < -0.39 is 30.7 Å². The van der Waals surface area contributed by atoms with Gasteiger partial charge in [-0.25, -0.2) is 4.79 Å². The molecule has 1 heterocycles. The van der Waals surface area contributed by atoms with Crippen LogP contribution in [0.15, 0.2) is 128 Å². The number of esters is 1. The number of rotatable bonds is 12. The number of benzene rings is 4. The minimum atomic E-state index is -3.11. The Morgan fingerprint density at radius 1 is 0.826 bits per heavy atom. The Balaban J connectivity index is 1.83. The molecule has 8 heteroatoms. The van der Waals surface area contributed by atoms with Crippen molar-refractivity contribution in [2.75, 3.05) is 6.61 Å². The van der Waals surface area contributed by atoms with E-state index in [0.29, 0.717) is 5.56 Å². The predicted octanol–water partition coefficient (Wildman–Crippen LogP) is 4.69. The number of amides is 2. The molecule has 46 heavy (non-hydrogen) atoms. The fourth-order valence-corrected chi connectivity index (χ4v) is 10.7. The Morgan fingerprint density at radius 3 is 1.78 bits per heavy atom. The molecule has 5 rings (SSSR count). The lowest BCUT2D eigenvalue weighted by Gasteiger charge is -2.51. The lowest BCUT2D eigenvalue weighted by Crippen LogP contribution is -2.67. The van der Waals surface area contributed by atoms with Gasteiger partial charge < -0.3 is 15.4 Å². The third-order valence-electron chi connectivity index (χ3n) is 8.34. The molecule has 4 aromatic carbocycles. The van der Waals surface area contributed by atoms with Crippen LogP contribution in [0.3, 0.4) is 0 Å². The molecule has 0 aliphatic carbocycles. The van der Waals surface area contributed by atoms with Crippen molar-refractivity contribution in [2.24, 2.45) is 17.6 Å². The number of carbonyl (C=O) groups is 4. The molecule has 0 spiro atoms. The highest BCUT2D eigenvalue weighted by Crippen LogP contribution is 2.50. The summed E-state index contributed by atoms with van der Waals surface area (Å²) in [7, 11) is 0. The molecule has 2 atom stereocenters. The van der Waals surface area contributed by atoms with Crippen LogP contribution >= 0.6 is 6.89 Å². The van der Waals surface area contributed by atoms with E-state index in [-0.39, 0.29) is 41.6 Å². The Morgan fingerprint density at radius 2 is 1.33 bits per heavy atom. The molecule has 1 saturated heterocycles. The van der Waals surface area contributed by atoms with Crippen molar-refractivity contribution in [3.8, 4) is 0 Å². The molecule has 0 bridgehead atoms. The van der Waals surface area contributed by atoms with Crippen LogP contribution in [-0.4, -0.2) is 46.5 Å². The molecular weight excluding hydrogens is 595 g/mol. The number of β-lactam (4-membered cyclic amide) rings is 1. The van der Waals surface area contributed by atoms with Crippen molar-refractivity contribution in [2.45, 2.75) is 26.3 Å². The van der Waals surface area contributed by atoms with Gasteiger partial charge in [0.1, 0.15) is 12.0 Å². The second-order valence-electron chi connectivity index (χ2n) is 11.5. The first kappa shape index (κ1) is 32.4. The third kappa shape index (κ3) is 5.99. The first-order valence-corrected chi connectivity index (χ1v) is 17.0. The number of ketones is 1. The SMILES string of the molecule is C=CCOC(=O)C(N1C(=O)[C@H](C(C)C)[C@H]1CC(=O)c1cccc(C(N)=O)c1)=P(c1ccccc1)(c1ccccc1)c1ccccc1. The van der Waals surface area contributed by atoms with Gasteiger partial charge in [-0.05, 0) is 34.0 Å². The van der Waals surface area contributed by atoms with Crippen LogP contribution in [0.2, 0.25) is 0 Å². The Bertz CT molecular complexity index is 1720. The molecule has 0 aromatic heterocycles. The van der Waals surface area contributed by atoms with Crippen LogP contribution in [-0.2, 0) is 14.3 Å². The van der Waals surface area contributed by atoms with Crippen molar-refractivity contribution in [1.82, 2.24) is 4.90 Å². The zero-order chi connectivity index (χ0) is 32.8. The Kier molecular flexibility index (Phi) is 9.84. The molecule has 2 amide bonds. The standard InChI is InChI=1S/C38H37N2O5P/c1-4-23-45-38(44)37(40-32(34(26(2)3)36(40)43)25-33(41)27-15-14-16-28(24-27)35(39)42)46(29-17-8-5-9-18-29,30-19-10-6-11-20-30)31-21-12-7-13-22-31/h4-22,24,26,32,34H,1,23,25H2,2-3H3,(H2,39,42)/t32-,34-/m1/s1. The summed E-state index contributed by atoms with van der Waals surface area (Å²) in [6.45, 7) is 4.44. The average Bonchev–Trinajstić information content (AvgIpc) is 3.08. The topological polar surface area (TPSA) is 107 Å². The lowest BCUT2D eigenvalue weighted by molar-refractivity contribution is -0.153. The number of nitrogens with two attached hydrogens (primary N) is 1. The smallest absolute Gasteiger partial charge is 0.356 e. The summed E-state index contributed by atoms with van der Waals surface area (Å²) in [6, 6.07) is 34.8. The molecule has 1 fully saturated rings. The molecule has 7 nitrogen and oxygen atoms in total. The summed E-state index contributed by atoms with van der Waals surface area (Å²) < 4.78 is 5.81. The van der Waals surface area contributed by atoms with Gasteiger partial charge in [0.25, 0.3) is 0 Å². The molecule has 234 valence electrons. The quantitative estimate of drug-likeness (QED) is 0.0802. The highest BCUT2D eigenvalue weighted by atomic mass is 31.2. The molecule has 0 radical (unpaired) electrons. The zero-order valence-electron chi connectivity index (χ0n) is 25.9. The van der Waals surface area contributed by atoms with Gasteiger partial charge in [-0.1, -0.05) is 130 Å². The maximum Gasteiger partial charge on any atom is 0.356 e. The fourth-order valence-electron chi connectivity index (χ4n) is 6.29. The van der Waals surface area contributed by atoms with Gasteiger partial charge >= 0.3 is 5.97 Å². The zero-order valence-corrected chi connectivity index (χ0v) is 26.8. The summed E-state index contributed by atoms with van der Waals surface area (Å²) in [5, 5.41) is 2.58. The highest BCUT2D eigenvalue weighted by molar-refractivity contribution is 7.96. The maximum absolute atomic E-state index is 14.5. The van der Waals surface area contributed by atoms with Crippen LogP contribution in [0.1, 0.15) is 41.0 Å². The van der Waals surface area contributed by atoms with E-state index in [1.165, 1.54) is 17.0 Å². The van der Waals surface area contributed by atoms with E-state index in [4.69, 9.17) is 10.5 Å². The first-order valence-electron chi connectivity index (χ1n) is 15.2. The number of likely N-dealkylation sites (tertiary alicyclic amines) is 1. The number of nitrogens with zero attached hydrogens (tertiary/aromatic N) is 1. The van der Waals surface area contributed by atoms with E-state index in [0.717, 1.165) is 15.9 Å². The number of primary amides is 1. The van der Waals surface area contributed by atoms with Gasteiger partial charge in [-0.3, -0.25) is 14.4 Å². The summed E-state index contributed by atoms with van der Waals surface area (Å²) in [6.07, 6.45) is 1.43. The Hall–Kier alpha value is -5.00. The summed E-state index contributed by atoms with van der Waals surface area (Å²) >= 11 is 0. The van der Waals surface area contributed by atoms with E-state index in [1.54, 1.807) is 18.2 Å². The predicted molar refractivity (Wildman–Crippen MR) is 184 cm³/mol. The Labute approximate surface area is 269 Å². The van der Waals surface area contributed by atoms with Crippen molar-refractivity contribution in [3.05, 3.63) is 139 Å². The number of ether oxygens (including phenoxy) is 1. The minimum Gasteiger partial charge on any atom is -0.457 e. The van der Waals surface area contributed by atoms with Crippen LogP contribution < -0.4 is 21.6 Å². The number of hydrogen-bond acceptors (Lipinski definition) is 5. The van der Waals surface area contributed by atoms with Crippen LogP contribution in [0.4, 0.5) is 0 Å². The van der Waals surface area contributed by atoms with Crippen molar-refractivity contribution in [3.63, 3.8) is 0 Å². The summed E-state index contributed by atoms with van der Waals surface area (Å²) in [5.41, 5.74) is 6.23. The van der Waals surface area contributed by atoms with E-state index in [9.17, 15) is 19.2 Å². The molecule has 4 aromatic rings. The van der Waals surface area contributed by atoms with Crippen molar-refractivity contribution < 1.29 is 23.9 Å². The van der Waals surface area contributed by atoms with E-state index in [2.05, 4.69) is 6.58 Å². The monoisotopic (exact) mass is 632 g/mol. The largest absolute Gasteiger partial charge is 0.457 e. The van der Waals surface area contributed by atoms with Crippen LogP contribution in [0, 0.1) is 11.8 Å². The second-order valence-corrected chi connectivity index (χ2v) is 14.8.